The largest absolute Gasteiger partial charge is 0.494 e. The lowest BCUT2D eigenvalue weighted by atomic mass is 10.1. The van der Waals surface area contributed by atoms with E-state index in [-0.39, 0.29) is 12.1 Å². The Bertz CT molecular complexity index is 773. The first-order valence-corrected chi connectivity index (χ1v) is 8.00. The topological polar surface area (TPSA) is 84.5 Å². The quantitative estimate of drug-likeness (QED) is 0.589. The molecule has 1 aromatic heterocycles. The molecular weight excluding hydrogens is 320 g/mol. The fourth-order valence-electron chi connectivity index (χ4n) is 2.15. The summed E-state index contributed by atoms with van der Waals surface area (Å²) >= 11 is 0. The van der Waals surface area contributed by atoms with Crippen molar-refractivity contribution in [2.45, 2.75) is 20.4 Å². The third-order valence-corrected chi connectivity index (χ3v) is 3.26. The van der Waals surface area contributed by atoms with Gasteiger partial charge in [0.2, 0.25) is 0 Å². The minimum Gasteiger partial charge on any atom is -0.494 e. The smallest absolute Gasteiger partial charge is 0.262 e. The number of carbonyl (C=O) groups is 1. The van der Waals surface area contributed by atoms with E-state index in [4.69, 9.17) is 13.9 Å². The molecule has 0 spiro atoms. The fourth-order valence-corrected chi connectivity index (χ4v) is 2.15. The molecule has 0 saturated carbocycles. The summed E-state index contributed by atoms with van der Waals surface area (Å²) in [6, 6.07) is 10.7. The molecule has 0 unspecified atom stereocenters. The highest BCUT2D eigenvalue weighted by atomic mass is 16.5. The number of carbonyl (C=O) groups excluding carboxylic acids is 1. The number of rotatable bonds is 8. The first kappa shape index (κ1) is 18.1. The van der Waals surface area contributed by atoms with E-state index < -0.39 is 5.91 Å². The number of amides is 1. The van der Waals surface area contributed by atoms with Gasteiger partial charge in [-0.25, -0.2) is 0 Å². The molecular formula is C19H20N2O4. The Hall–Kier alpha value is -3.20. The summed E-state index contributed by atoms with van der Waals surface area (Å²) in [7, 11) is 0. The van der Waals surface area contributed by atoms with Gasteiger partial charge in [0.15, 0.2) is 0 Å². The van der Waals surface area contributed by atoms with Crippen LogP contribution in [0.3, 0.4) is 0 Å². The van der Waals surface area contributed by atoms with E-state index in [2.05, 4.69) is 5.32 Å². The second kappa shape index (κ2) is 9.18. The summed E-state index contributed by atoms with van der Waals surface area (Å²) in [6.07, 6.45) is 3.02. The van der Waals surface area contributed by atoms with Crippen LogP contribution in [0.5, 0.6) is 11.5 Å². The van der Waals surface area contributed by atoms with Crippen LogP contribution in [0.25, 0.3) is 6.08 Å². The highest BCUT2D eigenvalue weighted by Gasteiger charge is 2.12. The van der Waals surface area contributed by atoms with E-state index in [9.17, 15) is 10.1 Å². The molecule has 0 aliphatic heterocycles. The van der Waals surface area contributed by atoms with Crippen molar-refractivity contribution in [3.8, 4) is 17.6 Å². The molecule has 1 aromatic carbocycles. The van der Waals surface area contributed by atoms with Gasteiger partial charge in [0.25, 0.3) is 5.91 Å². The van der Waals surface area contributed by atoms with Crippen molar-refractivity contribution in [1.29, 1.82) is 5.26 Å². The number of ether oxygens (including phenoxy) is 2. The maximum atomic E-state index is 12.2. The van der Waals surface area contributed by atoms with Crippen LogP contribution in [-0.4, -0.2) is 19.1 Å². The summed E-state index contributed by atoms with van der Waals surface area (Å²) in [6.45, 7) is 4.97. The van der Waals surface area contributed by atoms with Gasteiger partial charge in [0.05, 0.1) is 26.0 Å². The van der Waals surface area contributed by atoms with Gasteiger partial charge in [-0.2, -0.15) is 5.26 Å². The molecule has 2 rings (SSSR count). The van der Waals surface area contributed by atoms with Gasteiger partial charge in [-0.3, -0.25) is 4.79 Å². The Kier molecular flexibility index (Phi) is 6.66. The molecule has 130 valence electrons. The lowest BCUT2D eigenvalue weighted by Gasteiger charge is -2.11. The normalized spacial score (nSPS) is 10.8. The molecule has 1 N–H and O–H groups in total. The Labute approximate surface area is 146 Å². The molecule has 0 aliphatic carbocycles. The summed E-state index contributed by atoms with van der Waals surface area (Å²) in [5, 5.41) is 12.0. The predicted octanol–water partition coefficient (Wildman–Crippen LogP) is 3.30. The van der Waals surface area contributed by atoms with Gasteiger partial charge in [-0.05, 0) is 44.2 Å². The lowest BCUT2D eigenvalue weighted by Crippen LogP contribution is -2.23. The summed E-state index contributed by atoms with van der Waals surface area (Å²) < 4.78 is 16.2. The summed E-state index contributed by atoms with van der Waals surface area (Å²) in [4.78, 5) is 12.2. The molecule has 0 fully saturated rings. The number of hydrogen-bond donors (Lipinski definition) is 1. The maximum Gasteiger partial charge on any atom is 0.262 e. The molecule has 0 saturated heterocycles. The van der Waals surface area contributed by atoms with E-state index in [1.807, 2.05) is 19.9 Å². The van der Waals surface area contributed by atoms with Crippen LogP contribution in [0.1, 0.15) is 25.2 Å². The van der Waals surface area contributed by atoms with E-state index >= 15 is 0 Å². The first-order chi connectivity index (χ1) is 12.2. The Morgan fingerprint density at radius 2 is 2.08 bits per heavy atom. The predicted molar refractivity (Wildman–Crippen MR) is 92.9 cm³/mol. The molecule has 2 aromatic rings. The SMILES string of the molecule is CCOc1ccc(/C=C(/C#N)C(=O)NCc2ccco2)c(OCC)c1. The van der Waals surface area contributed by atoms with Crippen LogP contribution in [0.15, 0.2) is 46.6 Å². The lowest BCUT2D eigenvalue weighted by molar-refractivity contribution is -0.117. The van der Waals surface area contributed by atoms with Crippen molar-refractivity contribution in [2.75, 3.05) is 13.2 Å². The van der Waals surface area contributed by atoms with Crippen LogP contribution in [0.4, 0.5) is 0 Å². The minimum atomic E-state index is -0.477. The summed E-state index contributed by atoms with van der Waals surface area (Å²) in [5.74, 6) is 1.36. The molecule has 0 atom stereocenters. The molecule has 1 heterocycles. The highest BCUT2D eigenvalue weighted by molar-refractivity contribution is 6.01. The molecule has 0 radical (unpaired) electrons. The van der Waals surface area contributed by atoms with E-state index in [0.717, 1.165) is 0 Å². The molecule has 0 aliphatic rings. The number of benzene rings is 1. The monoisotopic (exact) mass is 340 g/mol. The van der Waals surface area contributed by atoms with Crippen molar-refractivity contribution >= 4 is 12.0 Å². The zero-order chi connectivity index (χ0) is 18.1. The van der Waals surface area contributed by atoms with Crippen molar-refractivity contribution in [1.82, 2.24) is 5.32 Å². The zero-order valence-corrected chi connectivity index (χ0v) is 14.2. The van der Waals surface area contributed by atoms with E-state index in [1.165, 1.54) is 12.3 Å². The molecule has 6 heteroatoms. The van der Waals surface area contributed by atoms with Crippen molar-refractivity contribution in [2.24, 2.45) is 0 Å². The second-order valence-electron chi connectivity index (χ2n) is 5.00. The molecule has 0 bridgehead atoms. The standard InChI is InChI=1S/C19H20N2O4/c1-3-23-16-8-7-14(18(11-16)24-4-2)10-15(12-20)19(22)21-13-17-6-5-9-25-17/h5-11H,3-4,13H2,1-2H3,(H,21,22)/b15-10-. The Balaban J connectivity index is 2.19. The van der Waals surface area contributed by atoms with Gasteiger partial charge >= 0.3 is 0 Å². The highest BCUT2D eigenvalue weighted by Crippen LogP contribution is 2.27. The van der Waals surface area contributed by atoms with Crippen LogP contribution in [0.2, 0.25) is 0 Å². The molecule has 25 heavy (non-hydrogen) atoms. The first-order valence-electron chi connectivity index (χ1n) is 8.00. The van der Waals surface area contributed by atoms with Crippen molar-refractivity contribution in [3.05, 3.63) is 53.5 Å². The van der Waals surface area contributed by atoms with Crippen molar-refractivity contribution in [3.63, 3.8) is 0 Å². The van der Waals surface area contributed by atoms with E-state index in [0.29, 0.717) is 36.0 Å². The Morgan fingerprint density at radius 1 is 1.28 bits per heavy atom. The van der Waals surface area contributed by atoms with Crippen molar-refractivity contribution < 1.29 is 18.7 Å². The van der Waals surface area contributed by atoms with Gasteiger partial charge < -0.3 is 19.2 Å². The van der Waals surface area contributed by atoms with Gasteiger partial charge in [0.1, 0.15) is 28.9 Å². The van der Waals surface area contributed by atoms with Crippen LogP contribution in [-0.2, 0) is 11.3 Å². The molecule has 1 amide bonds. The maximum absolute atomic E-state index is 12.2. The third-order valence-electron chi connectivity index (χ3n) is 3.26. The third kappa shape index (κ3) is 5.15. The average Bonchev–Trinajstić information content (AvgIpc) is 3.13. The second-order valence-corrected chi connectivity index (χ2v) is 5.00. The van der Waals surface area contributed by atoms with Crippen LogP contribution >= 0.6 is 0 Å². The number of nitrogens with zero attached hydrogens (tertiary/aromatic N) is 1. The van der Waals surface area contributed by atoms with Crippen LogP contribution in [0, 0.1) is 11.3 Å². The number of furan rings is 1. The zero-order valence-electron chi connectivity index (χ0n) is 14.2. The Morgan fingerprint density at radius 3 is 2.72 bits per heavy atom. The number of nitrogens with one attached hydrogen (secondary N) is 1. The summed E-state index contributed by atoms with van der Waals surface area (Å²) in [5.41, 5.74) is 0.617. The molecule has 6 nitrogen and oxygen atoms in total. The number of nitriles is 1. The van der Waals surface area contributed by atoms with Crippen LogP contribution < -0.4 is 14.8 Å². The van der Waals surface area contributed by atoms with Gasteiger partial charge in [-0.1, -0.05) is 0 Å². The van der Waals surface area contributed by atoms with Gasteiger partial charge in [-0.15, -0.1) is 0 Å². The minimum absolute atomic E-state index is 0.0170. The van der Waals surface area contributed by atoms with Gasteiger partial charge in [0, 0.05) is 11.6 Å². The fraction of sp³-hybridized carbons (Fsp3) is 0.263. The average molecular weight is 340 g/mol. The number of hydrogen-bond acceptors (Lipinski definition) is 5. The van der Waals surface area contributed by atoms with E-state index in [1.54, 1.807) is 30.3 Å².